The predicted molar refractivity (Wildman–Crippen MR) is 82.5 cm³/mol. The van der Waals surface area contributed by atoms with Crippen molar-refractivity contribution in [3.63, 3.8) is 0 Å². The second-order valence-electron chi connectivity index (χ2n) is 6.82. The molecule has 1 aliphatic heterocycles. The topological polar surface area (TPSA) is 28.2 Å². The summed E-state index contributed by atoms with van der Waals surface area (Å²) in [4.78, 5) is 6.87. The predicted octanol–water partition coefficient (Wildman–Crippen LogP) is 2.85. The van der Waals surface area contributed by atoms with E-state index in [9.17, 15) is 0 Å². The Labute approximate surface area is 122 Å². The highest BCUT2D eigenvalue weighted by Crippen LogP contribution is 2.36. The molecule has 1 aliphatic carbocycles. The van der Waals surface area contributed by atoms with Crippen LogP contribution >= 0.6 is 0 Å². The fraction of sp³-hybridized carbons (Fsp3) is 0.706. The van der Waals surface area contributed by atoms with E-state index in [1.54, 1.807) is 0 Å². The molecule has 1 aromatic rings. The Morgan fingerprint density at radius 2 is 1.90 bits per heavy atom. The zero-order valence-corrected chi connectivity index (χ0v) is 12.9. The molecule has 0 aromatic carbocycles. The summed E-state index contributed by atoms with van der Waals surface area (Å²) in [6.45, 7) is 9.36. The van der Waals surface area contributed by atoms with Gasteiger partial charge in [0.2, 0.25) is 0 Å². The maximum atomic E-state index is 4.15. The zero-order chi connectivity index (χ0) is 14.1. The molecule has 3 unspecified atom stereocenters. The van der Waals surface area contributed by atoms with Crippen LogP contribution in [0.4, 0.5) is 0 Å². The number of nitrogens with one attached hydrogen (secondary N) is 1. The monoisotopic (exact) mass is 273 g/mol. The van der Waals surface area contributed by atoms with E-state index in [4.69, 9.17) is 0 Å². The SMILES string of the molecule is CC(C)C1CNC(C2CC2)CN1C(C)c1ccncc1. The summed E-state index contributed by atoms with van der Waals surface area (Å²) in [5.74, 6) is 1.61. The third kappa shape index (κ3) is 2.89. The summed E-state index contributed by atoms with van der Waals surface area (Å²) in [7, 11) is 0. The molecule has 0 spiro atoms. The number of nitrogens with zero attached hydrogens (tertiary/aromatic N) is 2. The fourth-order valence-corrected chi connectivity index (χ4v) is 3.53. The van der Waals surface area contributed by atoms with E-state index in [-0.39, 0.29) is 0 Å². The first kappa shape index (κ1) is 14.0. The summed E-state index contributed by atoms with van der Waals surface area (Å²) in [5.41, 5.74) is 1.39. The van der Waals surface area contributed by atoms with Gasteiger partial charge in [-0.15, -0.1) is 0 Å². The van der Waals surface area contributed by atoms with Crippen molar-refractivity contribution in [2.45, 2.75) is 51.7 Å². The van der Waals surface area contributed by atoms with Crippen molar-refractivity contribution in [2.75, 3.05) is 13.1 Å². The normalized spacial score (nSPS) is 29.6. The van der Waals surface area contributed by atoms with Gasteiger partial charge < -0.3 is 5.32 Å². The summed E-state index contributed by atoms with van der Waals surface area (Å²) in [6.07, 6.45) is 6.66. The van der Waals surface area contributed by atoms with Gasteiger partial charge in [0, 0.05) is 43.6 Å². The lowest BCUT2D eigenvalue weighted by atomic mass is 9.93. The average molecular weight is 273 g/mol. The Morgan fingerprint density at radius 3 is 2.50 bits per heavy atom. The second-order valence-corrected chi connectivity index (χ2v) is 6.82. The molecule has 20 heavy (non-hydrogen) atoms. The van der Waals surface area contributed by atoms with Crippen molar-refractivity contribution in [2.24, 2.45) is 11.8 Å². The molecule has 3 rings (SSSR count). The molecular formula is C17H27N3. The van der Waals surface area contributed by atoms with E-state index < -0.39 is 0 Å². The number of rotatable bonds is 4. The number of hydrogen-bond donors (Lipinski definition) is 1. The Balaban J connectivity index is 1.77. The maximum Gasteiger partial charge on any atom is 0.0325 e. The molecule has 0 amide bonds. The van der Waals surface area contributed by atoms with Crippen molar-refractivity contribution < 1.29 is 0 Å². The van der Waals surface area contributed by atoms with Crippen LogP contribution < -0.4 is 5.32 Å². The van der Waals surface area contributed by atoms with Gasteiger partial charge in [0.05, 0.1) is 0 Å². The van der Waals surface area contributed by atoms with Crippen molar-refractivity contribution in [3.8, 4) is 0 Å². The quantitative estimate of drug-likeness (QED) is 0.914. The minimum atomic E-state index is 0.480. The first-order chi connectivity index (χ1) is 9.66. The van der Waals surface area contributed by atoms with E-state index in [1.165, 1.54) is 24.9 Å². The number of piperazine rings is 1. The lowest BCUT2D eigenvalue weighted by Crippen LogP contribution is -2.59. The minimum Gasteiger partial charge on any atom is -0.311 e. The molecule has 1 N–H and O–H groups in total. The van der Waals surface area contributed by atoms with Gasteiger partial charge in [-0.1, -0.05) is 13.8 Å². The van der Waals surface area contributed by atoms with Crippen molar-refractivity contribution in [3.05, 3.63) is 30.1 Å². The van der Waals surface area contributed by atoms with Gasteiger partial charge in [0.15, 0.2) is 0 Å². The maximum absolute atomic E-state index is 4.15. The first-order valence-electron chi connectivity index (χ1n) is 8.06. The summed E-state index contributed by atoms with van der Waals surface area (Å²) < 4.78 is 0. The number of pyridine rings is 1. The van der Waals surface area contributed by atoms with E-state index >= 15 is 0 Å². The average Bonchev–Trinajstić information content (AvgIpc) is 3.31. The van der Waals surface area contributed by atoms with Gasteiger partial charge in [-0.2, -0.15) is 0 Å². The third-order valence-electron chi connectivity index (χ3n) is 5.07. The van der Waals surface area contributed by atoms with Gasteiger partial charge in [-0.3, -0.25) is 9.88 Å². The van der Waals surface area contributed by atoms with Gasteiger partial charge >= 0.3 is 0 Å². The smallest absolute Gasteiger partial charge is 0.0325 e. The molecule has 2 aliphatic rings. The van der Waals surface area contributed by atoms with E-state index in [2.05, 4.69) is 48.1 Å². The molecule has 3 atom stereocenters. The van der Waals surface area contributed by atoms with Gasteiger partial charge in [0.25, 0.3) is 0 Å². The van der Waals surface area contributed by atoms with Crippen LogP contribution in [0.2, 0.25) is 0 Å². The van der Waals surface area contributed by atoms with Crippen LogP contribution in [-0.4, -0.2) is 35.1 Å². The second kappa shape index (κ2) is 5.82. The van der Waals surface area contributed by atoms with Gasteiger partial charge in [-0.05, 0) is 49.3 Å². The number of aromatic nitrogens is 1. The summed E-state index contributed by atoms with van der Waals surface area (Å²) in [5, 5.41) is 3.79. The Kier molecular flexibility index (Phi) is 4.08. The van der Waals surface area contributed by atoms with E-state index in [1.807, 2.05) is 12.4 Å². The van der Waals surface area contributed by atoms with Crippen LogP contribution in [-0.2, 0) is 0 Å². The van der Waals surface area contributed by atoms with Crippen molar-refractivity contribution in [1.29, 1.82) is 0 Å². The highest BCUT2D eigenvalue weighted by Gasteiger charge is 2.39. The molecule has 1 saturated heterocycles. The minimum absolute atomic E-state index is 0.480. The Hall–Kier alpha value is -0.930. The van der Waals surface area contributed by atoms with Crippen LogP contribution in [0.1, 0.15) is 45.2 Å². The van der Waals surface area contributed by atoms with Crippen LogP contribution in [0.3, 0.4) is 0 Å². The van der Waals surface area contributed by atoms with Crippen LogP contribution in [0, 0.1) is 11.8 Å². The van der Waals surface area contributed by atoms with Crippen LogP contribution in [0.15, 0.2) is 24.5 Å². The molecule has 2 heterocycles. The lowest BCUT2D eigenvalue weighted by molar-refractivity contribution is 0.0569. The fourth-order valence-electron chi connectivity index (χ4n) is 3.53. The third-order valence-corrected chi connectivity index (χ3v) is 5.07. The molecule has 3 nitrogen and oxygen atoms in total. The molecule has 2 fully saturated rings. The lowest BCUT2D eigenvalue weighted by Gasteiger charge is -2.46. The number of hydrogen-bond acceptors (Lipinski definition) is 3. The molecule has 1 saturated carbocycles. The molecule has 0 radical (unpaired) electrons. The molecule has 0 bridgehead atoms. The summed E-state index contributed by atoms with van der Waals surface area (Å²) in [6, 6.07) is 6.14. The van der Waals surface area contributed by atoms with Gasteiger partial charge in [0.1, 0.15) is 0 Å². The molecular weight excluding hydrogens is 246 g/mol. The van der Waals surface area contributed by atoms with E-state index in [0.29, 0.717) is 24.0 Å². The molecule has 1 aromatic heterocycles. The highest BCUT2D eigenvalue weighted by molar-refractivity contribution is 5.15. The van der Waals surface area contributed by atoms with E-state index in [0.717, 1.165) is 12.5 Å². The molecule has 110 valence electrons. The van der Waals surface area contributed by atoms with Crippen LogP contribution in [0.5, 0.6) is 0 Å². The Morgan fingerprint density at radius 1 is 1.20 bits per heavy atom. The largest absolute Gasteiger partial charge is 0.311 e. The Bertz CT molecular complexity index is 427. The first-order valence-corrected chi connectivity index (χ1v) is 8.06. The zero-order valence-electron chi connectivity index (χ0n) is 12.9. The standard InChI is InChI=1S/C17H27N3/c1-12(2)17-10-19-16(15-4-5-15)11-20(17)13(3)14-6-8-18-9-7-14/h6-9,12-13,15-17,19H,4-5,10-11H2,1-3H3. The molecule has 3 heteroatoms. The van der Waals surface area contributed by atoms with Gasteiger partial charge in [-0.25, -0.2) is 0 Å². The van der Waals surface area contributed by atoms with Crippen molar-refractivity contribution >= 4 is 0 Å². The van der Waals surface area contributed by atoms with Crippen molar-refractivity contribution in [1.82, 2.24) is 15.2 Å². The van der Waals surface area contributed by atoms with Crippen LogP contribution in [0.25, 0.3) is 0 Å². The summed E-state index contributed by atoms with van der Waals surface area (Å²) >= 11 is 0. The highest BCUT2D eigenvalue weighted by atomic mass is 15.3.